The summed E-state index contributed by atoms with van der Waals surface area (Å²) in [5.41, 5.74) is -11.1. The summed E-state index contributed by atoms with van der Waals surface area (Å²) in [5.74, 6) is -36.9. The number of carbonyl (C=O) groups excluding carboxylic acids is 5. The monoisotopic (exact) mass is 1100 g/mol. The van der Waals surface area contributed by atoms with Gasteiger partial charge in [-0.15, -0.1) is 0 Å². The molecule has 0 radical (unpaired) electrons. The molecule has 31 heteroatoms. The van der Waals surface area contributed by atoms with Crippen molar-refractivity contribution in [1.82, 2.24) is 0 Å². The van der Waals surface area contributed by atoms with E-state index in [4.69, 9.17) is 33.2 Å². The maximum Gasteiger partial charge on any atom is 0.340 e. The van der Waals surface area contributed by atoms with Gasteiger partial charge in [-0.05, 0) is 36.4 Å². The molecule has 0 aromatic heterocycles. The standard InChI is InChI=1S/C48H32O31/c49-15-1-9(2-21(27(15)55)74-38-14(42(66)67)7-20(54)32(60)37(38)65)43(68)79-48-41-40(77-46(71)12-5-18(52)30(58)35(63)25(12)26-13(47(72)78-41)6-19(53)31(59)36(26)64)39-22(75-48)8-73-44(69)10-3-16(50)28(56)33(61)23(10)24-11(45(70)76-39)4-17(51)29(57)34(24)62/h1-7,22,39-41,48-65H,8H2,(H,66,67)/t22-,39-,40+,41-,48+/m1/s1. The molecular weight excluding hydrogens is 1070 g/mol. The quantitative estimate of drug-likeness (QED) is 0.0670. The second-order valence-corrected chi connectivity index (χ2v) is 16.9. The number of phenolic OH excluding ortho intramolecular Hbond substituents is 17. The highest BCUT2D eigenvalue weighted by molar-refractivity contribution is 6.10. The summed E-state index contributed by atoms with van der Waals surface area (Å²) in [6, 6.07) is 2.82. The summed E-state index contributed by atoms with van der Waals surface area (Å²) in [5, 5.41) is 191. The number of carboxylic acids is 1. The van der Waals surface area contributed by atoms with E-state index in [1.165, 1.54) is 0 Å². The van der Waals surface area contributed by atoms with Crippen LogP contribution in [0.5, 0.6) is 109 Å². The Kier molecular flexibility index (Phi) is 12.4. The Labute approximate surface area is 433 Å². The number of carboxylic acid groups (broad SMARTS) is 1. The minimum absolute atomic E-state index is 0.359. The predicted octanol–water partition coefficient (Wildman–Crippen LogP) is 2.55. The summed E-state index contributed by atoms with van der Waals surface area (Å²) in [6.45, 7) is -1.36. The van der Waals surface area contributed by atoms with E-state index in [0.29, 0.717) is 42.5 Å². The van der Waals surface area contributed by atoms with Gasteiger partial charge in [0, 0.05) is 28.3 Å². The highest BCUT2D eigenvalue weighted by Gasteiger charge is 2.56. The fraction of sp³-hybridized carbons (Fsp3) is 0.125. The zero-order valence-electron chi connectivity index (χ0n) is 38.5. The van der Waals surface area contributed by atoms with Gasteiger partial charge in [0.25, 0.3) is 0 Å². The Bertz CT molecular complexity index is 3730. The van der Waals surface area contributed by atoms with Gasteiger partial charge in [0.05, 0.1) is 27.8 Å². The van der Waals surface area contributed by atoms with E-state index in [9.17, 15) is 121 Å². The molecule has 31 nitrogen and oxygen atoms in total. The van der Waals surface area contributed by atoms with Crippen molar-refractivity contribution in [3.8, 4) is 131 Å². The lowest BCUT2D eigenvalue weighted by Gasteiger charge is -2.44. The van der Waals surface area contributed by atoms with Gasteiger partial charge in [-0.3, -0.25) is 0 Å². The number of esters is 5. The minimum Gasteiger partial charge on any atom is -0.504 e. The molecular formula is C48H32O31. The third-order valence-electron chi connectivity index (χ3n) is 12.3. The molecule has 0 aliphatic carbocycles. The number of hydrogen-bond acceptors (Lipinski definition) is 30. The van der Waals surface area contributed by atoms with Crippen molar-refractivity contribution in [2.45, 2.75) is 30.7 Å². The summed E-state index contributed by atoms with van der Waals surface area (Å²) < 4.78 is 39.2. The molecule has 3 aliphatic rings. The van der Waals surface area contributed by atoms with Crippen molar-refractivity contribution >= 4 is 35.8 Å². The molecule has 3 aliphatic heterocycles. The Balaban J connectivity index is 1.24. The van der Waals surface area contributed by atoms with Gasteiger partial charge in [-0.25, -0.2) is 28.8 Å². The van der Waals surface area contributed by atoms with Crippen molar-refractivity contribution in [1.29, 1.82) is 0 Å². The number of carbonyl (C=O) groups is 6. The number of aromatic carboxylic acids is 1. The van der Waals surface area contributed by atoms with Gasteiger partial charge in [0.2, 0.25) is 52.6 Å². The van der Waals surface area contributed by atoms with E-state index < -0.39 is 238 Å². The molecule has 0 unspecified atom stereocenters. The first-order valence-electron chi connectivity index (χ1n) is 21.7. The molecule has 5 atom stereocenters. The van der Waals surface area contributed by atoms with Gasteiger partial charge in [-0.1, -0.05) is 0 Å². The topological polar surface area (TPSA) is 531 Å². The summed E-state index contributed by atoms with van der Waals surface area (Å²) in [4.78, 5) is 84.2. The van der Waals surface area contributed by atoms with Crippen LogP contribution >= 0.6 is 0 Å². The van der Waals surface area contributed by atoms with Gasteiger partial charge >= 0.3 is 35.8 Å². The van der Waals surface area contributed by atoms with Crippen LogP contribution in [-0.2, 0) is 28.4 Å². The average Bonchev–Trinajstić information content (AvgIpc) is 3.50. The molecule has 1 fully saturated rings. The minimum atomic E-state index is -2.71. The molecule has 3 heterocycles. The molecule has 6 aromatic carbocycles. The zero-order valence-corrected chi connectivity index (χ0v) is 38.5. The fourth-order valence-corrected chi connectivity index (χ4v) is 8.50. The number of phenols is 17. The first-order chi connectivity index (χ1) is 37.1. The highest BCUT2D eigenvalue weighted by Crippen LogP contribution is 2.56. The molecule has 0 saturated carbocycles. The number of fused-ring (bicyclic) bond motifs is 9. The average molecular weight is 1100 g/mol. The van der Waals surface area contributed by atoms with Crippen molar-refractivity contribution in [3.05, 3.63) is 75.8 Å². The van der Waals surface area contributed by atoms with Crippen molar-refractivity contribution in [2.24, 2.45) is 0 Å². The first kappa shape index (κ1) is 52.4. The lowest BCUT2D eigenvalue weighted by Crippen LogP contribution is -2.63. The summed E-state index contributed by atoms with van der Waals surface area (Å²) in [7, 11) is 0. The smallest absolute Gasteiger partial charge is 0.340 e. The van der Waals surface area contributed by atoms with E-state index in [2.05, 4.69) is 0 Å². The number of aromatic hydroxyl groups is 17. The van der Waals surface area contributed by atoms with Crippen LogP contribution in [0.1, 0.15) is 62.1 Å². The lowest BCUT2D eigenvalue weighted by molar-refractivity contribution is -0.282. The maximum absolute atomic E-state index is 14.6. The number of cyclic esters (lactones) is 1. The first-order valence-corrected chi connectivity index (χ1v) is 21.7. The highest BCUT2D eigenvalue weighted by atomic mass is 16.7. The molecule has 79 heavy (non-hydrogen) atoms. The van der Waals surface area contributed by atoms with Crippen LogP contribution in [0.4, 0.5) is 0 Å². The van der Waals surface area contributed by atoms with Crippen LogP contribution < -0.4 is 4.74 Å². The largest absolute Gasteiger partial charge is 0.504 e. The zero-order chi connectivity index (χ0) is 57.7. The van der Waals surface area contributed by atoms with E-state index in [1.54, 1.807) is 0 Å². The number of ether oxygens (including phenoxy) is 7. The molecule has 9 rings (SSSR count). The molecule has 6 aromatic rings. The predicted molar refractivity (Wildman–Crippen MR) is 244 cm³/mol. The van der Waals surface area contributed by atoms with E-state index in [0.717, 1.165) is 0 Å². The van der Waals surface area contributed by atoms with Gasteiger partial charge in [0.15, 0.2) is 81.2 Å². The van der Waals surface area contributed by atoms with Crippen molar-refractivity contribution in [2.75, 3.05) is 6.61 Å². The molecule has 410 valence electrons. The maximum atomic E-state index is 14.6. The summed E-state index contributed by atoms with van der Waals surface area (Å²) in [6.07, 6.45) is -12.9. The second kappa shape index (κ2) is 18.7. The van der Waals surface area contributed by atoms with Gasteiger partial charge in [-0.2, -0.15) is 0 Å². The molecule has 18 N–H and O–H groups in total. The van der Waals surface area contributed by atoms with Crippen LogP contribution in [-0.4, -0.2) is 165 Å². The number of benzene rings is 6. The van der Waals surface area contributed by atoms with E-state index in [-0.39, 0.29) is 0 Å². The lowest BCUT2D eigenvalue weighted by atomic mass is 9.91. The van der Waals surface area contributed by atoms with Crippen LogP contribution in [0.2, 0.25) is 0 Å². The normalized spacial score (nSPS) is 18.7. The van der Waals surface area contributed by atoms with Crippen molar-refractivity contribution in [3.63, 3.8) is 0 Å². The Morgan fingerprint density at radius 1 is 0.430 bits per heavy atom. The van der Waals surface area contributed by atoms with Crippen LogP contribution in [0, 0.1) is 0 Å². The third-order valence-corrected chi connectivity index (χ3v) is 12.3. The molecule has 0 spiro atoms. The Morgan fingerprint density at radius 3 is 1.25 bits per heavy atom. The van der Waals surface area contributed by atoms with Gasteiger partial charge < -0.3 is 125 Å². The number of hydrogen-bond donors (Lipinski definition) is 18. The van der Waals surface area contributed by atoms with E-state index in [1.807, 2.05) is 0 Å². The SMILES string of the molecule is O=C(O[C@@H]1O[C@@H]2COC(=O)c3cc(O)c(O)c(O)c3-c3c(cc(O)c(O)c3O)C(=O)O[C@H]2[C@@H]2OC(=O)c3cc(O)c(O)c(O)c3-c3c(cc(O)c(O)c3O)C(=O)O[C@@H]12)c1cc(O)c(O)c(Oc2c(C(=O)O)cc(O)c(O)c2O)c1. The molecule has 1 saturated heterocycles. The van der Waals surface area contributed by atoms with Crippen molar-refractivity contribution < 1.29 is 154 Å². The molecule has 0 amide bonds. The second-order valence-electron chi connectivity index (χ2n) is 16.9. The van der Waals surface area contributed by atoms with Gasteiger partial charge in [0.1, 0.15) is 18.3 Å². The fourth-order valence-electron chi connectivity index (χ4n) is 8.50. The number of rotatable bonds is 5. The Morgan fingerprint density at radius 2 is 0.810 bits per heavy atom. The third kappa shape index (κ3) is 8.40. The summed E-state index contributed by atoms with van der Waals surface area (Å²) >= 11 is 0. The molecule has 0 bridgehead atoms. The Hall–Kier alpha value is -11.5. The van der Waals surface area contributed by atoms with E-state index >= 15 is 0 Å². The van der Waals surface area contributed by atoms with Crippen LogP contribution in [0.3, 0.4) is 0 Å². The van der Waals surface area contributed by atoms with Crippen LogP contribution in [0.25, 0.3) is 22.3 Å². The van der Waals surface area contributed by atoms with Crippen LogP contribution in [0.15, 0.2) is 42.5 Å².